The van der Waals surface area contributed by atoms with E-state index < -0.39 is 0 Å². The number of benzene rings is 8. The molecule has 0 saturated heterocycles. The molecule has 0 aliphatic carbocycles. The Bertz CT molecular complexity index is 6350. The lowest BCUT2D eigenvalue weighted by atomic mass is 10.0. The summed E-state index contributed by atoms with van der Waals surface area (Å²) in [5.41, 5.74) is 17.7. The van der Waals surface area contributed by atoms with E-state index in [1.165, 1.54) is 22.3 Å². The standard InChI is InChI=1S/C25H30N6O.C22H21ClN4O.C22H22N4O2.C21H19ClN4O/c1-17-15-21-22(16-20(17)26-12-14-30(3)4)31(13-8-11-19-9-6-5-7-10-19)24-23(29-21)25(32)28-18(2)27-24;1-14-12-18-19(13-17(14)23)27(11-7-6-10-16-8-4-3-5-9-16)21-20(26-18)22(28)25-15(2)24-21;1-14-11-18-19(12-17(14)13-27)26(10-6-9-16-7-4-3-5-8-16)21-20(25-18)22(28)24-15(2)23-21;1-13-11-17-18(12-16(13)22)26(10-6-9-15-7-4-3-5-8-15)20-19(25-17)21(27)24-14(2)23-20/h5-7,9-10,15-16,26H,2,8,11-14H2,1,3-4H3,(H,28,32);3-5,8-9,12-13H,2,6-7,10-11H2,1H3,(H,25,28);3-5,7-8,11-12,27H,2,6,9-10,13H2,1H3,(H,24,28);3-5,7-8,11-12H,2,6,9-10H2,1H3,(H,24,27). The number of halogens is 2. The molecule has 16 rings (SSSR count). The Balaban J connectivity index is 0.000000134. The number of H-pyrrole nitrogens is 4. The normalized spacial score (nSPS) is 12.3. The largest absolute Gasteiger partial charge is 0.392 e. The maximum atomic E-state index is 12.6. The number of aliphatic hydroxyl groups is 1. The number of aromatic nitrogens is 8. The number of hydrogen-bond donors (Lipinski definition) is 6. The van der Waals surface area contributed by atoms with E-state index in [1.807, 2.05) is 126 Å². The van der Waals surface area contributed by atoms with Gasteiger partial charge in [0.05, 0.1) is 52.1 Å². The molecule has 0 spiro atoms. The van der Waals surface area contributed by atoms with Crippen LogP contribution < -0.4 is 90.5 Å². The Hall–Kier alpha value is -12.5. The zero-order valence-electron chi connectivity index (χ0n) is 65.5. The van der Waals surface area contributed by atoms with Gasteiger partial charge in [0.15, 0.2) is 44.7 Å². The molecule has 0 bridgehead atoms. The molecule has 8 heterocycles. The summed E-state index contributed by atoms with van der Waals surface area (Å²) in [6.45, 7) is 27.6. The molecule has 0 fully saturated rings. The van der Waals surface area contributed by atoms with E-state index in [4.69, 9.17) is 23.2 Å². The highest BCUT2D eigenvalue weighted by Gasteiger charge is 2.29. The van der Waals surface area contributed by atoms with E-state index in [2.05, 4.69) is 201 Å². The minimum absolute atomic E-state index is 0.0484. The van der Waals surface area contributed by atoms with E-state index >= 15 is 0 Å². The average molecular weight is 1580 g/mol. The van der Waals surface area contributed by atoms with Crippen molar-refractivity contribution in [2.75, 3.05) is 78.3 Å². The van der Waals surface area contributed by atoms with Gasteiger partial charge in [0.2, 0.25) is 0 Å². The predicted molar refractivity (Wildman–Crippen MR) is 463 cm³/mol. The molecule has 0 unspecified atom stereocenters. The molecule has 23 nitrogen and oxygen atoms in total. The summed E-state index contributed by atoms with van der Waals surface area (Å²) in [5.74, 6) is 2.16. The number of nitrogens with zero attached hydrogens (tertiary/aromatic N) is 13. The van der Waals surface area contributed by atoms with E-state index in [1.54, 1.807) is 0 Å². The van der Waals surface area contributed by atoms with Crippen LogP contribution >= 0.6 is 23.2 Å². The third-order valence-electron chi connectivity index (χ3n) is 20.1. The van der Waals surface area contributed by atoms with Gasteiger partial charge in [-0.2, -0.15) is 0 Å². The van der Waals surface area contributed by atoms with Crippen molar-refractivity contribution in [2.24, 2.45) is 20.0 Å². The zero-order valence-corrected chi connectivity index (χ0v) is 67.0. The van der Waals surface area contributed by atoms with Crippen LogP contribution in [0.15, 0.2) is 209 Å². The number of anilines is 9. The fraction of sp³-hybridized carbons (Fsp3) is 0.244. The first kappa shape index (κ1) is 80.5. The summed E-state index contributed by atoms with van der Waals surface area (Å²) in [6, 6.07) is 57.1. The molecule has 8 aromatic carbocycles. The molecule has 6 N–H and O–H groups in total. The molecule has 115 heavy (non-hydrogen) atoms. The Morgan fingerprint density at radius 2 is 0.687 bits per heavy atom. The quantitative estimate of drug-likeness (QED) is 0.0344. The van der Waals surface area contributed by atoms with Gasteiger partial charge in [0, 0.05) is 55.0 Å². The van der Waals surface area contributed by atoms with Crippen molar-refractivity contribution in [1.29, 1.82) is 0 Å². The van der Waals surface area contributed by atoms with Crippen LogP contribution in [0, 0.1) is 27.7 Å². The van der Waals surface area contributed by atoms with Gasteiger partial charge < -0.3 is 54.9 Å². The summed E-state index contributed by atoms with van der Waals surface area (Å²) in [7, 11) is 4.12. The summed E-state index contributed by atoms with van der Waals surface area (Å²) in [6.07, 6.45) is 8.47. The minimum Gasteiger partial charge on any atom is -0.392 e. The molecule has 25 heteroatoms. The monoisotopic (exact) mass is 1570 g/mol. The lowest BCUT2D eigenvalue weighted by molar-refractivity contribution is 0.281. The van der Waals surface area contributed by atoms with E-state index in [9.17, 15) is 24.3 Å². The lowest BCUT2D eigenvalue weighted by Gasteiger charge is -2.29. The van der Waals surface area contributed by atoms with Gasteiger partial charge in [-0.25, -0.2) is 39.9 Å². The first-order valence-electron chi connectivity index (χ1n) is 38.4. The molecule has 0 amide bonds. The van der Waals surface area contributed by atoms with Crippen LogP contribution in [0.25, 0.3) is 26.3 Å². The number of fused-ring (bicyclic) bond motifs is 8. The average Bonchev–Trinajstić information content (AvgIpc) is 0.772. The number of likely N-dealkylation sites (N-methyl/N-ethyl adjacent to an activating group) is 1. The number of nitrogens with one attached hydrogen (secondary N) is 5. The SMILES string of the molecule is C=c1nc2c(c(=O)[nH]1)=Nc1cc(C)c(CO)cc1N2CCCc1ccccc1.C=c1nc2c(c(=O)[nH]1)=Nc1cc(C)c(Cl)cc1N2CCCCc1ccccc1.C=c1nc2c(c(=O)[nH]1)=Nc1cc(C)c(Cl)cc1N2CCCc1ccccc1.C=c1nc2c(c(=O)[nH]1)=Nc1cc(C)c(NCCN(C)C)cc1N2CCCc1ccccc1. The summed E-state index contributed by atoms with van der Waals surface area (Å²) >= 11 is 12.7. The molecule has 4 aromatic heterocycles. The summed E-state index contributed by atoms with van der Waals surface area (Å²) in [5, 5.41) is 15.8. The van der Waals surface area contributed by atoms with Crippen LogP contribution in [0.1, 0.15) is 82.2 Å². The van der Waals surface area contributed by atoms with Crippen molar-refractivity contribution < 1.29 is 5.11 Å². The summed E-state index contributed by atoms with van der Waals surface area (Å²) in [4.78, 5) is 107. The third kappa shape index (κ3) is 19.2. The second-order valence-electron chi connectivity index (χ2n) is 29.0. The Morgan fingerprint density at radius 3 is 1.02 bits per heavy atom. The second-order valence-corrected chi connectivity index (χ2v) is 29.8. The van der Waals surface area contributed by atoms with Crippen LogP contribution in [-0.4, -0.2) is 103 Å². The Labute approximate surface area is 675 Å². The smallest absolute Gasteiger partial charge is 0.279 e. The molecule has 586 valence electrons. The molecular weight excluding hydrogens is 1480 g/mol. The number of aryl methyl sites for hydroxylation is 8. The van der Waals surface area contributed by atoms with Gasteiger partial charge in [-0.15, -0.1) is 0 Å². The van der Waals surface area contributed by atoms with Crippen molar-refractivity contribution in [3.05, 3.63) is 315 Å². The lowest BCUT2D eigenvalue weighted by Crippen LogP contribution is -2.42. The van der Waals surface area contributed by atoms with Gasteiger partial charge in [-0.1, -0.05) is 171 Å². The number of hydrogen-bond acceptors (Lipinski definition) is 19. The minimum atomic E-state index is -0.294. The van der Waals surface area contributed by atoms with E-state index in [-0.39, 0.29) is 28.8 Å². The highest BCUT2D eigenvalue weighted by molar-refractivity contribution is 6.32. The molecule has 0 saturated carbocycles. The van der Waals surface area contributed by atoms with Crippen molar-refractivity contribution in [2.45, 2.75) is 92.1 Å². The number of aliphatic hydroxyl groups excluding tert-OH is 1. The first-order valence-corrected chi connectivity index (χ1v) is 39.2. The van der Waals surface area contributed by atoms with Gasteiger partial charge >= 0.3 is 0 Å². The van der Waals surface area contributed by atoms with Crippen LogP contribution in [-0.2, 0) is 32.3 Å². The number of unbranched alkanes of at least 4 members (excludes halogenated alkanes) is 1. The summed E-state index contributed by atoms with van der Waals surface area (Å²) < 4.78 is 0. The predicted octanol–water partition coefficient (Wildman–Crippen LogP) is 11.3. The maximum Gasteiger partial charge on any atom is 0.279 e. The highest BCUT2D eigenvalue weighted by atomic mass is 35.5. The van der Waals surface area contributed by atoms with Crippen LogP contribution in [0.4, 0.5) is 74.5 Å². The molecular formula is C90H92Cl2N18O5. The van der Waals surface area contributed by atoms with Crippen molar-refractivity contribution in [1.82, 2.24) is 44.8 Å². The van der Waals surface area contributed by atoms with Gasteiger partial charge in [0.1, 0.15) is 21.9 Å². The Morgan fingerprint density at radius 1 is 0.391 bits per heavy atom. The van der Waals surface area contributed by atoms with Crippen molar-refractivity contribution in [3.8, 4) is 0 Å². The van der Waals surface area contributed by atoms with Gasteiger partial charge in [-0.05, 0) is 198 Å². The zero-order chi connectivity index (χ0) is 81.0. The number of aromatic amines is 4. The fourth-order valence-corrected chi connectivity index (χ4v) is 14.5. The topological polar surface area (TPSA) is 281 Å². The number of rotatable bonds is 22. The maximum absolute atomic E-state index is 12.6. The fourth-order valence-electron chi connectivity index (χ4n) is 14.2. The molecule has 0 radical (unpaired) electrons. The van der Waals surface area contributed by atoms with Crippen LogP contribution in [0.3, 0.4) is 0 Å². The van der Waals surface area contributed by atoms with Gasteiger partial charge in [0.25, 0.3) is 22.2 Å². The van der Waals surface area contributed by atoms with Crippen molar-refractivity contribution >= 4 is 124 Å². The first-order chi connectivity index (χ1) is 55.5. The van der Waals surface area contributed by atoms with Crippen molar-refractivity contribution in [3.63, 3.8) is 0 Å². The highest BCUT2D eigenvalue weighted by Crippen LogP contribution is 2.42. The second kappa shape index (κ2) is 36.5. The third-order valence-corrected chi connectivity index (χ3v) is 21.0. The van der Waals surface area contributed by atoms with E-state index in [0.29, 0.717) is 95.4 Å². The van der Waals surface area contributed by atoms with Crippen LogP contribution in [0.5, 0.6) is 0 Å². The molecule has 4 aliphatic heterocycles. The van der Waals surface area contributed by atoms with Gasteiger partial charge in [-0.3, -0.25) is 19.2 Å². The Kier molecular flexibility index (Phi) is 25.6. The van der Waals surface area contributed by atoms with Crippen LogP contribution in [0.2, 0.25) is 10.0 Å². The van der Waals surface area contributed by atoms with E-state index in [0.717, 1.165) is 157 Å². The molecule has 4 aliphatic rings. The molecule has 12 aromatic rings. The molecule has 0 atom stereocenters.